The molecule has 0 unspecified atom stereocenters. The number of hydrogen-bond donors (Lipinski definition) is 1. The van der Waals surface area contributed by atoms with Crippen LogP contribution in [0.5, 0.6) is 0 Å². The fourth-order valence-electron chi connectivity index (χ4n) is 0.817. The lowest BCUT2D eigenvalue weighted by molar-refractivity contribution is -0.138. The highest BCUT2D eigenvalue weighted by Gasteiger charge is 2.03. The van der Waals surface area contributed by atoms with Crippen LogP contribution in [0.4, 0.5) is 0 Å². The summed E-state index contributed by atoms with van der Waals surface area (Å²) in [6.45, 7) is 7.89. The van der Waals surface area contributed by atoms with E-state index in [4.69, 9.17) is 4.55 Å². The number of rotatable bonds is 6. The Labute approximate surface area is 109 Å². The monoisotopic (exact) mass is 281 g/mol. The third-order valence-corrected chi connectivity index (χ3v) is 2.44. The van der Waals surface area contributed by atoms with Crippen LogP contribution in [-0.4, -0.2) is 56.8 Å². The van der Waals surface area contributed by atoms with Crippen LogP contribution in [-0.2, 0) is 19.6 Å². The fraction of sp³-hybridized carbons (Fsp3) is 0.727. The van der Waals surface area contributed by atoms with Gasteiger partial charge in [0, 0.05) is 5.57 Å². The SMILES string of the molecule is C=C(C)C(=O)OCC.CN(C)CCCS(=O)(=O)O. The minimum Gasteiger partial charge on any atom is -0.463 e. The minimum atomic E-state index is -3.75. The summed E-state index contributed by atoms with van der Waals surface area (Å²) in [5.74, 6) is -0.460. The zero-order chi connectivity index (χ0) is 14.8. The molecule has 108 valence electrons. The van der Waals surface area contributed by atoms with Crippen molar-refractivity contribution in [1.29, 1.82) is 0 Å². The van der Waals surface area contributed by atoms with Crippen molar-refractivity contribution in [3.63, 3.8) is 0 Å². The average Bonchev–Trinajstić information content (AvgIpc) is 2.16. The Hall–Kier alpha value is -0.920. The first-order valence-corrected chi connectivity index (χ1v) is 7.13. The Morgan fingerprint density at radius 1 is 1.39 bits per heavy atom. The first-order valence-electron chi connectivity index (χ1n) is 5.52. The van der Waals surface area contributed by atoms with Gasteiger partial charge >= 0.3 is 5.97 Å². The quantitative estimate of drug-likeness (QED) is 0.443. The van der Waals surface area contributed by atoms with E-state index in [0.717, 1.165) is 0 Å². The summed E-state index contributed by atoms with van der Waals surface area (Å²) in [5, 5.41) is 0. The van der Waals surface area contributed by atoms with Crippen molar-refractivity contribution in [2.75, 3.05) is 33.0 Å². The molecule has 0 fully saturated rings. The molecule has 0 amide bonds. The minimum absolute atomic E-state index is 0.148. The zero-order valence-corrected chi connectivity index (χ0v) is 12.3. The van der Waals surface area contributed by atoms with Crippen molar-refractivity contribution in [2.45, 2.75) is 20.3 Å². The zero-order valence-electron chi connectivity index (χ0n) is 11.5. The normalized spacial score (nSPS) is 10.6. The van der Waals surface area contributed by atoms with E-state index in [2.05, 4.69) is 11.3 Å². The maximum atomic E-state index is 10.4. The molecule has 0 rings (SSSR count). The maximum absolute atomic E-state index is 10.4. The lowest BCUT2D eigenvalue weighted by atomic mass is 10.4. The molecular formula is C11H23NO5S. The van der Waals surface area contributed by atoms with Gasteiger partial charge in [0.05, 0.1) is 12.4 Å². The molecule has 0 aliphatic rings. The first-order chi connectivity index (χ1) is 8.10. The molecule has 0 atom stereocenters. The standard InChI is InChI=1S/C6H10O2.C5H13NO3S/c1-4-8-6(7)5(2)3;1-6(2)4-3-5-10(7,8)9/h2,4H2,1,3H3;3-5H2,1-2H3,(H,7,8,9). The second-order valence-corrected chi connectivity index (χ2v) is 5.52. The number of hydrogen-bond acceptors (Lipinski definition) is 5. The van der Waals surface area contributed by atoms with E-state index in [0.29, 0.717) is 25.1 Å². The Balaban J connectivity index is 0. The third kappa shape index (κ3) is 17.5. The number of esters is 1. The smallest absolute Gasteiger partial charge is 0.333 e. The Bertz CT molecular complexity index is 348. The van der Waals surface area contributed by atoms with Gasteiger partial charge in [0.2, 0.25) is 0 Å². The Morgan fingerprint density at radius 3 is 2.11 bits per heavy atom. The summed E-state index contributed by atoms with van der Waals surface area (Å²) in [6.07, 6.45) is 0.478. The molecule has 0 saturated carbocycles. The van der Waals surface area contributed by atoms with Crippen LogP contribution in [0.15, 0.2) is 12.2 Å². The van der Waals surface area contributed by atoms with E-state index < -0.39 is 10.1 Å². The predicted molar refractivity (Wildman–Crippen MR) is 71.0 cm³/mol. The van der Waals surface area contributed by atoms with Crippen molar-refractivity contribution in [1.82, 2.24) is 4.90 Å². The molecule has 0 aromatic rings. The summed E-state index contributed by atoms with van der Waals surface area (Å²) >= 11 is 0. The molecule has 0 bridgehead atoms. The van der Waals surface area contributed by atoms with Crippen LogP contribution >= 0.6 is 0 Å². The van der Waals surface area contributed by atoms with Crippen LogP contribution < -0.4 is 0 Å². The topological polar surface area (TPSA) is 83.9 Å². The van der Waals surface area contributed by atoms with Crippen LogP contribution in [0.1, 0.15) is 20.3 Å². The van der Waals surface area contributed by atoms with Gasteiger partial charge in [-0.05, 0) is 40.9 Å². The molecule has 6 nitrogen and oxygen atoms in total. The summed E-state index contributed by atoms with van der Waals surface area (Å²) in [7, 11) is -0.0441. The summed E-state index contributed by atoms with van der Waals surface area (Å²) < 4.78 is 33.1. The van der Waals surface area contributed by atoms with Gasteiger partial charge in [-0.1, -0.05) is 6.58 Å². The Morgan fingerprint density at radius 2 is 1.89 bits per heavy atom. The molecule has 18 heavy (non-hydrogen) atoms. The second-order valence-electron chi connectivity index (χ2n) is 3.94. The number of carbonyl (C=O) groups is 1. The largest absolute Gasteiger partial charge is 0.463 e. The lowest BCUT2D eigenvalue weighted by Gasteiger charge is -2.06. The molecule has 0 saturated heterocycles. The van der Waals surface area contributed by atoms with Gasteiger partial charge < -0.3 is 9.64 Å². The van der Waals surface area contributed by atoms with Gasteiger partial charge in [-0.15, -0.1) is 0 Å². The van der Waals surface area contributed by atoms with Gasteiger partial charge in [0.1, 0.15) is 0 Å². The summed E-state index contributed by atoms with van der Waals surface area (Å²) in [5.41, 5.74) is 0.451. The van der Waals surface area contributed by atoms with Crippen molar-refractivity contribution >= 4 is 16.1 Å². The van der Waals surface area contributed by atoms with E-state index in [1.54, 1.807) is 13.8 Å². The summed E-state index contributed by atoms with van der Waals surface area (Å²) in [4.78, 5) is 12.3. The molecule has 0 radical (unpaired) electrons. The molecule has 0 aliphatic carbocycles. The number of nitrogens with zero attached hydrogens (tertiary/aromatic N) is 1. The van der Waals surface area contributed by atoms with Gasteiger partial charge in [0.15, 0.2) is 0 Å². The van der Waals surface area contributed by atoms with Gasteiger partial charge in [-0.25, -0.2) is 4.79 Å². The average molecular weight is 281 g/mol. The highest BCUT2D eigenvalue weighted by molar-refractivity contribution is 7.85. The molecule has 0 spiro atoms. The van der Waals surface area contributed by atoms with Crippen LogP contribution in [0.2, 0.25) is 0 Å². The highest BCUT2D eigenvalue weighted by atomic mass is 32.2. The van der Waals surface area contributed by atoms with E-state index in [9.17, 15) is 13.2 Å². The first kappa shape index (κ1) is 19.4. The van der Waals surface area contributed by atoms with Crippen LogP contribution in [0.3, 0.4) is 0 Å². The van der Waals surface area contributed by atoms with E-state index in [1.165, 1.54) is 0 Å². The number of carbonyl (C=O) groups excluding carboxylic acids is 1. The highest BCUT2D eigenvalue weighted by Crippen LogP contribution is 1.90. The van der Waals surface area contributed by atoms with E-state index in [-0.39, 0.29) is 11.7 Å². The third-order valence-electron chi connectivity index (χ3n) is 1.63. The maximum Gasteiger partial charge on any atom is 0.333 e. The van der Waals surface area contributed by atoms with Crippen molar-refractivity contribution in [2.24, 2.45) is 0 Å². The van der Waals surface area contributed by atoms with Crippen LogP contribution in [0, 0.1) is 0 Å². The lowest BCUT2D eigenvalue weighted by Crippen LogP contribution is -2.16. The van der Waals surface area contributed by atoms with Gasteiger partial charge in [-0.2, -0.15) is 8.42 Å². The van der Waals surface area contributed by atoms with Crippen LogP contribution in [0.25, 0.3) is 0 Å². The van der Waals surface area contributed by atoms with E-state index in [1.807, 2.05) is 19.0 Å². The predicted octanol–water partition coefficient (Wildman–Crippen LogP) is 0.952. The molecular weight excluding hydrogens is 258 g/mol. The summed E-state index contributed by atoms with van der Waals surface area (Å²) in [6, 6.07) is 0. The van der Waals surface area contributed by atoms with E-state index >= 15 is 0 Å². The van der Waals surface area contributed by atoms with Crippen molar-refractivity contribution in [3.8, 4) is 0 Å². The van der Waals surface area contributed by atoms with Crippen molar-refractivity contribution < 1.29 is 22.5 Å². The van der Waals surface area contributed by atoms with Gasteiger partial charge in [0.25, 0.3) is 10.1 Å². The second kappa shape index (κ2) is 10.0. The molecule has 7 heteroatoms. The van der Waals surface area contributed by atoms with Crippen molar-refractivity contribution in [3.05, 3.63) is 12.2 Å². The van der Waals surface area contributed by atoms with Gasteiger partial charge in [-0.3, -0.25) is 4.55 Å². The number of ether oxygens (including phenoxy) is 1. The Kier molecular flexibility index (Phi) is 10.8. The molecule has 1 N–H and O–H groups in total. The molecule has 0 heterocycles. The molecule has 0 aliphatic heterocycles. The fourth-order valence-corrected chi connectivity index (χ4v) is 1.31. The molecule has 0 aromatic carbocycles. The molecule has 0 aromatic heterocycles.